The molecule has 0 aromatic carbocycles. The average molecular weight is 298 g/mol. The molecule has 0 bridgehead atoms. The van der Waals surface area contributed by atoms with Crippen LogP contribution in [-0.2, 0) is 18.8 Å². The first-order chi connectivity index (χ1) is 9.24. The van der Waals surface area contributed by atoms with Crippen molar-refractivity contribution in [1.29, 1.82) is 0 Å². The van der Waals surface area contributed by atoms with Gasteiger partial charge in [0.2, 0.25) is 0 Å². The maximum atomic E-state index is 5.76. The zero-order valence-electron chi connectivity index (χ0n) is 10.7. The summed E-state index contributed by atoms with van der Waals surface area (Å²) >= 11 is 7.39. The van der Waals surface area contributed by atoms with Gasteiger partial charge in [-0.15, -0.1) is 10.2 Å². The van der Waals surface area contributed by atoms with E-state index in [0.717, 1.165) is 35.3 Å². The Balaban J connectivity index is 2.06. The fraction of sp³-hybridized carbons (Fsp3) is 0.417. The Kier molecular flexibility index (Phi) is 5.18. The lowest BCUT2D eigenvalue weighted by molar-refractivity contribution is 0.592. The van der Waals surface area contributed by atoms with Gasteiger partial charge in [0.15, 0.2) is 5.16 Å². The molecule has 0 atom stereocenters. The van der Waals surface area contributed by atoms with Gasteiger partial charge in [-0.25, -0.2) is 4.98 Å². The van der Waals surface area contributed by atoms with Gasteiger partial charge in [-0.1, -0.05) is 36.4 Å². The Bertz CT molecular complexity index is 525. The third kappa shape index (κ3) is 3.68. The number of aromatic nitrogens is 4. The summed E-state index contributed by atoms with van der Waals surface area (Å²) in [5, 5.41) is 9.71. The number of halogens is 1. The molecule has 2 N–H and O–H groups in total. The lowest BCUT2D eigenvalue weighted by Crippen LogP contribution is -2.09. The van der Waals surface area contributed by atoms with E-state index < -0.39 is 0 Å². The van der Waals surface area contributed by atoms with Crippen LogP contribution in [0.3, 0.4) is 0 Å². The van der Waals surface area contributed by atoms with E-state index in [4.69, 9.17) is 17.3 Å². The van der Waals surface area contributed by atoms with Crippen LogP contribution in [0.25, 0.3) is 0 Å². The summed E-state index contributed by atoms with van der Waals surface area (Å²) in [6.07, 6.45) is 2.81. The molecule has 0 aliphatic heterocycles. The fourth-order valence-corrected chi connectivity index (χ4v) is 2.69. The van der Waals surface area contributed by atoms with E-state index in [1.165, 1.54) is 0 Å². The highest BCUT2D eigenvalue weighted by atomic mass is 35.5. The molecule has 0 fully saturated rings. The van der Waals surface area contributed by atoms with E-state index in [1.54, 1.807) is 24.0 Å². The first-order valence-corrected chi connectivity index (χ1v) is 7.46. The lowest BCUT2D eigenvalue weighted by atomic mass is 10.3. The highest BCUT2D eigenvalue weighted by Gasteiger charge is 2.10. The van der Waals surface area contributed by atoms with E-state index in [9.17, 15) is 0 Å². The molecule has 0 saturated heterocycles. The molecule has 0 unspecified atom stereocenters. The minimum atomic E-state index is 0.413. The molecule has 102 valence electrons. The minimum absolute atomic E-state index is 0.413. The van der Waals surface area contributed by atoms with Crippen LogP contribution >= 0.6 is 23.4 Å². The number of rotatable bonds is 6. The third-order valence-electron chi connectivity index (χ3n) is 2.58. The highest BCUT2D eigenvalue weighted by molar-refractivity contribution is 7.98. The van der Waals surface area contributed by atoms with Crippen molar-refractivity contribution in [1.82, 2.24) is 19.7 Å². The first-order valence-electron chi connectivity index (χ1n) is 6.10. The topological polar surface area (TPSA) is 69.6 Å². The van der Waals surface area contributed by atoms with Gasteiger partial charge < -0.3 is 10.3 Å². The molecule has 0 saturated carbocycles. The van der Waals surface area contributed by atoms with E-state index in [-0.39, 0.29) is 0 Å². The van der Waals surface area contributed by atoms with Crippen molar-refractivity contribution in [3.63, 3.8) is 0 Å². The van der Waals surface area contributed by atoms with Crippen LogP contribution in [0.1, 0.15) is 24.7 Å². The summed E-state index contributed by atoms with van der Waals surface area (Å²) in [5.74, 6) is 1.62. The van der Waals surface area contributed by atoms with E-state index in [0.29, 0.717) is 11.7 Å². The van der Waals surface area contributed by atoms with Crippen LogP contribution in [-0.4, -0.2) is 19.7 Å². The normalized spacial score (nSPS) is 10.9. The molecule has 0 aliphatic rings. The molecule has 0 radical (unpaired) electrons. The number of hydrogen-bond acceptors (Lipinski definition) is 5. The monoisotopic (exact) mass is 297 g/mol. The second kappa shape index (κ2) is 6.88. The summed E-state index contributed by atoms with van der Waals surface area (Å²) in [7, 11) is 0. The van der Waals surface area contributed by atoms with Gasteiger partial charge in [0.25, 0.3) is 0 Å². The lowest BCUT2D eigenvalue weighted by Gasteiger charge is -2.07. The van der Waals surface area contributed by atoms with Crippen molar-refractivity contribution in [2.45, 2.75) is 37.3 Å². The summed E-state index contributed by atoms with van der Waals surface area (Å²) < 4.78 is 2.08. The average Bonchev–Trinajstić information content (AvgIpc) is 2.81. The second-order valence-electron chi connectivity index (χ2n) is 4.03. The van der Waals surface area contributed by atoms with Crippen LogP contribution < -0.4 is 5.73 Å². The number of nitrogens with zero attached hydrogens (tertiary/aromatic N) is 4. The second-order valence-corrected chi connectivity index (χ2v) is 5.36. The zero-order valence-corrected chi connectivity index (χ0v) is 12.3. The van der Waals surface area contributed by atoms with Crippen LogP contribution in [0.5, 0.6) is 0 Å². The third-order valence-corrected chi connectivity index (χ3v) is 3.84. The number of nitrogens with two attached hydrogens (primary N) is 1. The Hall–Kier alpha value is -1.11. The van der Waals surface area contributed by atoms with Crippen molar-refractivity contribution in [3.05, 3.63) is 34.9 Å². The minimum Gasteiger partial charge on any atom is -0.324 e. The predicted molar refractivity (Wildman–Crippen MR) is 77.0 cm³/mol. The van der Waals surface area contributed by atoms with E-state index in [1.807, 2.05) is 6.07 Å². The van der Waals surface area contributed by atoms with Crippen molar-refractivity contribution in [2.75, 3.05) is 0 Å². The molecule has 2 rings (SSSR count). The quantitative estimate of drug-likeness (QED) is 0.655. The Morgan fingerprint density at radius 2 is 2.21 bits per heavy atom. The summed E-state index contributed by atoms with van der Waals surface area (Å²) in [5.41, 5.74) is 6.77. The SMILES string of the molecule is CCCn1c(CN)nnc1SCc1ccc(Cl)nc1. The van der Waals surface area contributed by atoms with Crippen LogP contribution in [0.2, 0.25) is 5.15 Å². The molecule has 0 spiro atoms. The molecule has 7 heteroatoms. The molecular weight excluding hydrogens is 282 g/mol. The van der Waals surface area contributed by atoms with Crippen molar-refractivity contribution in [2.24, 2.45) is 5.73 Å². The molecular formula is C12H16ClN5S. The summed E-state index contributed by atoms with van der Waals surface area (Å²) in [6, 6.07) is 3.76. The standard InChI is InChI=1S/C12H16ClN5S/c1-2-5-18-11(6-14)16-17-12(18)19-8-9-3-4-10(13)15-7-9/h3-4,7H,2,5-6,8,14H2,1H3. The van der Waals surface area contributed by atoms with Gasteiger partial charge in [0.1, 0.15) is 11.0 Å². The van der Waals surface area contributed by atoms with Gasteiger partial charge >= 0.3 is 0 Å². The number of hydrogen-bond donors (Lipinski definition) is 1. The number of pyridine rings is 1. The van der Waals surface area contributed by atoms with Crippen LogP contribution in [0.15, 0.2) is 23.5 Å². The van der Waals surface area contributed by atoms with Crippen molar-refractivity contribution >= 4 is 23.4 Å². The van der Waals surface area contributed by atoms with E-state index >= 15 is 0 Å². The summed E-state index contributed by atoms with van der Waals surface area (Å²) in [4.78, 5) is 4.06. The van der Waals surface area contributed by atoms with Gasteiger partial charge in [-0.05, 0) is 18.1 Å². The Labute approximate surface area is 121 Å². The Morgan fingerprint density at radius 3 is 2.84 bits per heavy atom. The highest BCUT2D eigenvalue weighted by Crippen LogP contribution is 2.22. The number of thioether (sulfide) groups is 1. The van der Waals surface area contributed by atoms with Gasteiger partial charge in [0, 0.05) is 18.5 Å². The molecule has 19 heavy (non-hydrogen) atoms. The fourth-order valence-electron chi connectivity index (χ4n) is 1.66. The largest absolute Gasteiger partial charge is 0.324 e. The van der Waals surface area contributed by atoms with Gasteiger partial charge in [-0.3, -0.25) is 0 Å². The molecule has 5 nitrogen and oxygen atoms in total. The van der Waals surface area contributed by atoms with Crippen LogP contribution in [0, 0.1) is 0 Å². The smallest absolute Gasteiger partial charge is 0.191 e. The maximum absolute atomic E-state index is 5.76. The van der Waals surface area contributed by atoms with E-state index in [2.05, 4.69) is 26.7 Å². The predicted octanol–water partition coefficient (Wildman–Crippen LogP) is 2.49. The van der Waals surface area contributed by atoms with Crippen molar-refractivity contribution < 1.29 is 0 Å². The first kappa shape index (κ1) is 14.3. The molecule has 2 aromatic rings. The van der Waals surface area contributed by atoms with Gasteiger partial charge in [0.05, 0.1) is 6.54 Å². The van der Waals surface area contributed by atoms with Crippen molar-refractivity contribution in [3.8, 4) is 0 Å². The van der Waals surface area contributed by atoms with Gasteiger partial charge in [-0.2, -0.15) is 0 Å². The molecule has 0 aliphatic carbocycles. The molecule has 0 amide bonds. The zero-order chi connectivity index (χ0) is 13.7. The van der Waals surface area contributed by atoms with Crippen LogP contribution in [0.4, 0.5) is 0 Å². The Morgan fingerprint density at radius 1 is 1.37 bits per heavy atom. The maximum Gasteiger partial charge on any atom is 0.191 e. The molecule has 2 heterocycles. The molecule has 2 aromatic heterocycles. The summed E-state index contributed by atoms with van der Waals surface area (Å²) in [6.45, 7) is 3.43.